The van der Waals surface area contributed by atoms with Crippen molar-refractivity contribution in [3.63, 3.8) is 0 Å². The molecule has 0 bridgehead atoms. The van der Waals surface area contributed by atoms with Crippen LogP contribution in [-0.4, -0.2) is 38.3 Å². The van der Waals surface area contributed by atoms with Gasteiger partial charge in [0, 0.05) is 42.7 Å². The number of esters is 1. The fourth-order valence-electron chi connectivity index (χ4n) is 4.65. The molecule has 0 unspecified atom stereocenters. The summed E-state index contributed by atoms with van der Waals surface area (Å²) in [4.78, 5) is 27.2. The monoisotopic (exact) mass is 476 g/mol. The highest BCUT2D eigenvalue weighted by molar-refractivity contribution is 7.92. The summed E-state index contributed by atoms with van der Waals surface area (Å²) in [7, 11) is -3.72. The summed E-state index contributed by atoms with van der Waals surface area (Å²) in [6.07, 6.45) is 1.08. The van der Waals surface area contributed by atoms with Crippen LogP contribution in [0.2, 0.25) is 0 Å². The molecule has 1 spiro atoms. The number of sulfonamides is 1. The molecule has 0 saturated carbocycles. The van der Waals surface area contributed by atoms with Gasteiger partial charge in [0.25, 0.3) is 15.9 Å². The van der Waals surface area contributed by atoms with Crippen LogP contribution in [-0.2, 0) is 20.4 Å². The fraction of sp³-hybridized carbons (Fsp3) is 0.231. The highest BCUT2D eigenvalue weighted by Gasteiger charge is 2.47. The molecule has 1 amide bonds. The fourth-order valence-corrected chi connectivity index (χ4v) is 5.81. The van der Waals surface area contributed by atoms with Crippen LogP contribution in [0.1, 0.15) is 44.7 Å². The summed E-state index contributed by atoms with van der Waals surface area (Å²) < 4.78 is 33.6. The Kier molecular flexibility index (Phi) is 5.40. The molecule has 2 aliphatic heterocycles. The molecule has 7 nitrogen and oxygen atoms in total. The summed E-state index contributed by atoms with van der Waals surface area (Å²) in [6.45, 7) is 2.75. The van der Waals surface area contributed by atoms with Crippen LogP contribution in [0.15, 0.2) is 77.7 Å². The number of anilines is 1. The predicted molar refractivity (Wildman–Crippen MR) is 127 cm³/mol. The Morgan fingerprint density at radius 3 is 2.38 bits per heavy atom. The molecule has 174 valence electrons. The Morgan fingerprint density at radius 1 is 0.971 bits per heavy atom. The van der Waals surface area contributed by atoms with Gasteiger partial charge >= 0.3 is 5.97 Å². The third-order valence-corrected chi connectivity index (χ3v) is 7.85. The number of hydrogen-bond acceptors (Lipinski definition) is 5. The number of ether oxygens (including phenoxy) is 1. The second kappa shape index (κ2) is 8.29. The smallest absolute Gasteiger partial charge is 0.339 e. The van der Waals surface area contributed by atoms with Crippen molar-refractivity contribution in [3.05, 3.63) is 95.1 Å². The first kappa shape index (κ1) is 22.2. The topological polar surface area (TPSA) is 92.8 Å². The summed E-state index contributed by atoms with van der Waals surface area (Å²) in [6, 6.07) is 20.5. The number of amides is 1. The van der Waals surface area contributed by atoms with E-state index in [2.05, 4.69) is 4.72 Å². The van der Waals surface area contributed by atoms with E-state index in [0.29, 0.717) is 42.7 Å². The lowest BCUT2D eigenvalue weighted by Crippen LogP contribution is -2.45. The van der Waals surface area contributed by atoms with Crippen molar-refractivity contribution in [2.45, 2.75) is 30.3 Å². The van der Waals surface area contributed by atoms with Gasteiger partial charge in [-0.15, -0.1) is 0 Å². The van der Waals surface area contributed by atoms with Crippen molar-refractivity contribution in [1.29, 1.82) is 0 Å². The van der Waals surface area contributed by atoms with Gasteiger partial charge in [-0.25, -0.2) is 13.2 Å². The van der Waals surface area contributed by atoms with Crippen molar-refractivity contribution < 1.29 is 22.7 Å². The van der Waals surface area contributed by atoms with Crippen LogP contribution in [0.5, 0.6) is 0 Å². The van der Waals surface area contributed by atoms with Gasteiger partial charge < -0.3 is 9.64 Å². The van der Waals surface area contributed by atoms with Crippen molar-refractivity contribution in [2.75, 3.05) is 17.8 Å². The summed E-state index contributed by atoms with van der Waals surface area (Å²) in [5.74, 6) is -0.445. The number of fused-ring (bicyclic) bond motifs is 2. The van der Waals surface area contributed by atoms with Crippen LogP contribution in [0.3, 0.4) is 0 Å². The maximum atomic E-state index is 13.0. The van der Waals surface area contributed by atoms with Gasteiger partial charge in [0.1, 0.15) is 5.60 Å². The number of carbonyl (C=O) groups is 2. The molecule has 0 aliphatic carbocycles. The zero-order valence-corrected chi connectivity index (χ0v) is 19.5. The van der Waals surface area contributed by atoms with Crippen molar-refractivity contribution in [2.24, 2.45) is 0 Å². The van der Waals surface area contributed by atoms with Gasteiger partial charge in [-0.05, 0) is 55.0 Å². The van der Waals surface area contributed by atoms with E-state index < -0.39 is 15.6 Å². The van der Waals surface area contributed by atoms with E-state index in [1.165, 1.54) is 6.07 Å². The predicted octanol–water partition coefficient (Wildman–Crippen LogP) is 4.10. The molecule has 0 atom stereocenters. The van der Waals surface area contributed by atoms with E-state index in [4.69, 9.17) is 4.74 Å². The van der Waals surface area contributed by atoms with Gasteiger partial charge in [-0.3, -0.25) is 9.52 Å². The molecule has 3 aromatic carbocycles. The zero-order valence-electron chi connectivity index (χ0n) is 18.7. The second-order valence-corrected chi connectivity index (χ2v) is 10.4. The Bertz CT molecular complexity index is 1370. The largest absolute Gasteiger partial charge is 0.450 e. The molecule has 8 heteroatoms. The first-order valence-corrected chi connectivity index (χ1v) is 12.6. The summed E-state index contributed by atoms with van der Waals surface area (Å²) >= 11 is 0. The molecule has 1 N–H and O–H groups in total. The lowest BCUT2D eigenvalue weighted by atomic mass is 9.83. The highest BCUT2D eigenvalue weighted by atomic mass is 32.2. The molecule has 0 aromatic heterocycles. The SMILES string of the molecule is Cc1cccc(S(=O)(=O)Nc2ccc(C(=O)N3CCC4(CC3)OC(=O)c3ccccc34)cc2)c1. The van der Waals surface area contributed by atoms with Crippen molar-refractivity contribution in [3.8, 4) is 0 Å². The zero-order chi connectivity index (χ0) is 23.9. The molecule has 0 radical (unpaired) electrons. The van der Waals surface area contributed by atoms with Gasteiger partial charge in [0.05, 0.1) is 10.5 Å². The number of aryl methyl sites for hydroxylation is 1. The molecule has 1 fully saturated rings. The van der Waals surface area contributed by atoms with Gasteiger partial charge in [-0.1, -0.05) is 30.3 Å². The number of benzene rings is 3. The number of hydrogen-bond donors (Lipinski definition) is 1. The molecule has 34 heavy (non-hydrogen) atoms. The van der Waals surface area contributed by atoms with E-state index in [-0.39, 0.29) is 16.8 Å². The van der Waals surface area contributed by atoms with Gasteiger partial charge in [0.15, 0.2) is 0 Å². The normalized spacial score (nSPS) is 16.7. The minimum absolute atomic E-state index is 0.138. The Balaban J connectivity index is 1.26. The quantitative estimate of drug-likeness (QED) is 0.573. The van der Waals surface area contributed by atoms with Crippen molar-refractivity contribution in [1.82, 2.24) is 4.90 Å². The van der Waals surface area contributed by atoms with Crippen LogP contribution in [0.4, 0.5) is 5.69 Å². The third kappa shape index (κ3) is 3.94. The van der Waals surface area contributed by atoms with Gasteiger partial charge in [0.2, 0.25) is 0 Å². The van der Waals surface area contributed by atoms with Gasteiger partial charge in [-0.2, -0.15) is 0 Å². The average Bonchev–Trinajstić information content (AvgIpc) is 3.11. The van der Waals surface area contributed by atoms with Crippen LogP contribution >= 0.6 is 0 Å². The number of carbonyl (C=O) groups excluding carboxylic acids is 2. The molecule has 2 aliphatic rings. The summed E-state index contributed by atoms with van der Waals surface area (Å²) in [5, 5.41) is 0. The number of nitrogens with zero attached hydrogens (tertiary/aromatic N) is 1. The lowest BCUT2D eigenvalue weighted by Gasteiger charge is -2.38. The molecular weight excluding hydrogens is 452 g/mol. The Hall–Kier alpha value is -3.65. The van der Waals surface area contributed by atoms with Crippen LogP contribution in [0.25, 0.3) is 0 Å². The average molecular weight is 477 g/mol. The molecule has 1 saturated heterocycles. The van der Waals surface area contributed by atoms with E-state index >= 15 is 0 Å². The van der Waals surface area contributed by atoms with E-state index in [1.54, 1.807) is 47.4 Å². The number of rotatable bonds is 4. The van der Waals surface area contributed by atoms with E-state index in [1.807, 2.05) is 31.2 Å². The number of nitrogens with one attached hydrogen (secondary N) is 1. The minimum atomic E-state index is -3.72. The van der Waals surface area contributed by atoms with Crippen LogP contribution in [0, 0.1) is 6.92 Å². The van der Waals surface area contributed by atoms with E-state index in [9.17, 15) is 18.0 Å². The standard InChI is InChI=1S/C26H24N2O5S/c1-18-5-4-6-21(17-18)34(31,32)27-20-11-9-19(10-12-20)24(29)28-15-13-26(14-16-28)23-8-3-2-7-22(23)25(30)33-26/h2-12,17,27H,13-16H2,1H3. The second-order valence-electron chi connectivity index (χ2n) is 8.72. The first-order chi connectivity index (χ1) is 16.3. The Morgan fingerprint density at radius 2 is 1.68 bits per heavy atom. The molecule has 3 aromatic rings. The van der Waals surface area contributed by atoms with Crippen molar-refractivity contribution >= 4 is 27.6 Å². The Labute approximate surface area is 198 Å². The third-order valence-electron chi connectivity index (χ3n) is 6.47. The first-order valence-electron chi connectivity index (χ1n) is 11.1. The molecule has 2 heterocycles. The molecular formula is C26H24N2O5S. The maximum absolute atomic E-state index is 13.0. The highest BCUT2D eigenvalue weighted by Crippen LogP contribution is 2.44. The number of likely N-dealkylation sites (tertiary alicyclic amines) is 1. The molecule has 5 rings (SSSR count). The summed E-state index contributed by atoms with van der Waals surface area (Å²) in [5.41, 5.74) is 2.54. The van der Waals surface area contributed by atoms with Crippen LogP contribution < -0.4 is 4.72 Å². The number of piperidine rings is 1. The minimum Gasteiger partial charge on any atom is -0.450 e. The lowest BCUT2D eigenvalue weighted by molar-refractivity contribution is -0.0389. The van der Waals surface area contributed by atoms with E-state index in [0.717, 1.165) is 11.1 Å². The maximum Gasteiger partial charge on any atom is 0.339 e.